The highest BCUT2D eigenvalue weighted by Crippen LogP contribution is 2.28. The highest BCUT2D eigenvalue weighted by Gasteiger charge is 2.33. The minimum atomic E-state index is -3.57. The fraction of sp³-hybridized carbons (Fsp3) is 0.455. The van der Waals surface area contributed by atoms with Crippen LogP contribution in [0.5, 0.6) is 0 Å². The lowest BCUT2D eigenvalue weighted by molar-refractivity contribution is 0.219. The predicted octanol–water partition coefficient (Wildman–Crippen LogP) is 5.26. The number of sulfonamides is 1. The summed E-state index contributed by atoms with van der Waals surface area (Å²) in [4.78, 5) is 0.369. The van der Waals surface area contributed by atoms with Crippen LogP contribution in [0.1, 0.15) is 45.2 Å². The Hall–Kier alpha value is -1.65. The summed E-state index contributed by atoms with van der Waals surface area (Å²) in [7, 11) is -3.57. The van der Waals surface area contributed by atoms with Gasteiger partial charge in [-0.25, -0.2) is 8.42 Å². The average Bonchev–Trinajstić information content (AvgIpc) is 2.58. The molecule has 0 aliphatic carbocycles. The molecule has 0 aliphatic heterocycles. The van der Waals surface area contributed by atoms with Crippen molar-refractivity contribution >= 4 is 10.0 Å². The van der Waals surface area contributed by atoms with E-state index in [4.69, 9.17) is 0 Å². The van der Waals surface area contributed by atoms with Crippen LogP contribution in [0.3, 0.4) is 0 Å². The van der Waals surface area contributed by atoms with Crippen LogP contribution < -0.4 is 0 Å². The highest BCUT2D eigenvalue weighted by atomic mass is 32.2. The van der Waals surface area contributed by atoms with Gasteiger partial charge in [-0.1, -0.05) is 75.7 Å². The molecule has 0 spiro atoms. The van der Waals surface area contributed by atoms with Gasteiger partial charge < -0.3 is 0 Å². The number of benzene rings is 2. The molecule has 0 N–H and O–H groups in total. The molecule has 0 amide bonds. The van der Waals surface area contributed by atoms with E-state index in [2.05, 4.69) is 27.7 Å². The Labute approximate surface area is 159 Å². The van der Waals surface area contributed by atoms with Crippen molar-refractivity contribution in [1.29, 1.82) is 0 Å². The SMILES string of the molecule is Cc1ccc(S(=O)(=O)N(Cc2ccccc2)[C@@H](CC(C)C)C(C)C)cc1. The zero-order chi connectivity index (χ0) is 19.3. The minimum Gasteiger partial charge on any atom is -0.207 e. The van der Waals surface area contributed by atoms with Crippen LogP contribution in [-0.4, -0.2) is 18.8 Å². The summed E-state index contributed by atoms with van der Waals surface area (Å²) in [5.41, 5.74) is 2.07. The summed E-state index contributed by atoms with van der Waals surface area (Å²) in [6.45, 7) is 10.9. The van der Waals surface area contributed by atoms with Crippen LogP contribution >= 0.6 is 0 Å². The lowest BCUT2D eigenvalue weighted by atomic mass is 9.94. The van der Waals surface area contributed by atoms with Crippen molar-refractivity contribution in [3.05, 3.63) is 65.7 Å². The summed E-state index contributed by atoms with van der Waals surface area (Å²) >= 11 is 0. The molecule has 0 saturated heterocycles. The first-order valence-corrected chi connectivity index (χ1v) is 10.8. The van der Waals surface area contributed by atoms with Gasteiger partial charge in [-0.15, -0.1) is 0 Å². The van der Waals surface area contributed by atoms with E-state index >= 15 is 0 Å². The van der Waals surface area contributed by atoms with E-state index in [1.54, 1.807) is 16.4 Å². The van der Waals surface area contributed by atoms with Crippen molar-refractivity contribution in [2.45, 2.75) is 58.5 Å². The van der Waals surface area contributed by atoms with Crippen LogP contribution in [0.2, 0.25) is 0 Å². The number of nitrogens with zero attached hydrogens (tertiary/aromatic N) is 1. The van der Waals surface area contributed by atoms with E-state index < -0.39 is 10.0 Å². The first-order chi connectivity index (χ1) is 12.2. The van der Waals surface area contributed by atoms with Crippen LogP contribution in [0.15, 0.2) is 59.5 Å². The Balaban J connectivity index is 2.48. The van der Waals surface area contributed by atoms with Gasteiger partial charge in [0.25, 0.3) is 0 Å². The third-order valence-corrected chi connectivity index (χ3v) is 6.55. The summed E-state index contributed by atoms with van der Waals surface area (Å²) in [6.07, 6.45) is 0.843. The van der Waals surface area contributed by atoms with Crippen LogP contribution in [-0.2, 0) is 16.6 Å². The fourth-order valence-corrected chi connectivity index (χ4v) is 4.95. The molecule has 1 atom stereocenters. The zero-order valence-electron chi connectivity index (χ0n) is 16.5. The van der Waals surface area contributed by atoms with Gasteiger partial charge in [-0.05, 0) is 42.9 Å². The molecule has 0 aromatic heterocycles. The Bertz CT molecular complexity index is 781. The molecule has 0 unspecified atom stereocenters. The van der Waals surface area contributed by atoms with Gasteiger partial charge in [-0.2, -0.15) is 4.31 Å². The lowest BCUT2D eigenvalue weighted by Crippen LogP contribution is -2.43. The van der Waals surface area contributed by atoms with Gasteiger partial charge in [0.2, 0.25) is 10.0 Å². The van der Waals surface area contributed by atoms with Crippen molar-refractivity contribution < 1.29 is 8.42 Å². The van der Waals surface area contributed by atoms with E-state index in [0.29, 0.717) is 17.4 Å². The molecule has 0 bridgehead atoms. The van der Waals surface area contributed by atoms with Gasteiger partial charge in [0.1, 0.15) is 0 Å². The minimum absolute atomic E-state index is 0.0403. The topological polar surface area (TPSA) is 37.4 Å². The maximum Gasteiger partial charge on any atom is 0.243 e. The highest BCUT2D eigenvalue weighted by molar-refractivity contribution is 7.89. The Morgan fingerprint density at radius 2 is 1.46 bits per heavy atom. The Morgan fingerprint density at radius 3 is 1.96 bits per heavy atom. The van der Waals surface area contributed by atoms with Gasteiger partial charge in [0.15, 0.2) is 0 Å². The van der Waals surface area contributed by atoms with Crippen molar-refractivity contribution in [1.82, 2.24) is 4.31 Å². The molecule has 142 valence electrons. The van der Waals surface area contributed by atoms with Gasteiger partial charge in [-0.3, -0.25) is 0 Å². The zero-order valence-corrected chi connectivity index (χ0v) is 17.3. The molecule has 2 aromatic carbocycles. The second kappa shape index (κ2) is 8.83. The smallest absolute Gasteiger partial charge is 0.207 e. The van der Waals surface area contributed by atoms with Crippen LogP contribution in [0.4, 0.5) is 0 Å². The van der Waals surface area contributed by atoms with Crippen LogP contribution in [0, 0.1) is 18.8 Å². The van der Waals surface area contributed by atoms with Crippen LogP contribution in [0.25, 0.3) is 0 Å². The molecule has 0 saturated carbocycles. The third kappa shape index (κ3) is 5.18. The molecule has 3 nitrogen and oxygen atoms in total. The number of rotatable bonds is 8. The second-order valence-electron chi connectivity index (χ2n) is 7.79. The van der Waals surface area contributed by atoms with E-state index in [0.717, 1.165) is 17.5 Å². The second-order valence-corrected chi connectivity index (χ2v) is 9.68. The lowest BCUT2D eigenvalue weighted by Gasteiger charge is -2.35. The molecule has 0 fully saturated rings. The normalized spacial score (nSPS) is 13.5. The van der Waals surface area contributed by atoms with E-state index in [9.17, 15) is 8.42 Å². The maximum absolute atomic E-state index is 13.5. The molecular formula is C22H31NO2S. The van der Waals surface area contributed by atoms with Crippen molar-refractivity contribution in [3.63, 3.8) is 0 Å². The summed E-state index contributed by atoms with van der Waals surface area (Å²) in [6, 6.07) is 17.0. The molecule has 2 aromatic rings. The van der Waals surface area contributed by atoms with E-state index in [1.165, 1.54) is 0 Å². The predicted molar refractivity (Wildman–Crippen MR) is 108 cm³/mol. The first-order valence-electron chi connectivity index (χ1n) is 9.34. The molecule has 0 heterocycles. The van der Waals surface area contributed by atoms with Crippen molar-refractivity contribution in [2.75, 3.05) is 0 Å². The number of aryl methyl sites for hydroxylation is 1. The van der Waals surface area contributed by atoms with Crippen molar-refractivity contribution in [3.8, 4) is 0 Å². The van der Waals surface area contributed by atoms with Crippen molar-refractivity contribution in [2.24, 2.45) is 11.8 Å². The summed E-state index contributed by atoms with van der Waals surface area (Å²) in [5.74, 6) is 0.662. The quantitative estimate of drug-likeness (QED) is 0.633. The Morgan fingerprint density at radius 1 is 0.885 bits per heavy atom. The largest absolute Gasteiger partial charge is 0.243 e. The van der Waals surface area contributed by atoms with E-state index in [1.807, 2.05) is 49.4 Å². The van der Waals surface area contributed by atoms with Gasteiger partial charge in [0, 0.05) is 12.6 Å². The Kier molecular flexibility index (Phi) is 7.01. The molecule has 2 rings (SSSR count). The summed E-state index contributed by atoms with van der Waals surface area (Å²) in [5, 5.41) is 0. The van der Waals surface area contributed by atoms with E-state index in [-0.39, 0.29) is 12.0 Å². The molecule has 4 heteroatoms. The average molecular weight is 374 g/mol. The monoisotopic (exact) mass is 373 g/mol. The third-order valence-electron chi connectivity index (χ3n) is 4.66. The fourth-order valence-electron chi connectivity index (χ4n) is 3.19. The summed E-state index contributed by atoms with van der Waals surface area (Å²) < 4.78 is 28.7. The number of hydrogen-bond donors (Lipinski definition) is 0. The molecule has 0 aliphatic rings. The van der Waals surface area contributed by atoms with Gasteiger partial charge >= 0.3 is 0 Å². The van der Waals surface area contributed by atoms with Gasteiger partial charge in [0.05, 0.1) is 4.90 Å². The molecular weight excluding hydrogens is 342 g/mol. The maximum atomic E-state index is 13.5. The molecule has 0 radical (unpaired) electrons. The standard InChI is InChI=1S/C22H31NO2S/c1-17(2)15-22(18(3)4)23(16-20-9-7-6-8-10-20)26(24,25)21-13-11-19(5)12-14-21/h6-14,17-18,22H,15-16H2,1-5H3/t22-/m0/s1. The first kappa shape index (κ1) is 20.7. The number of hydrogen-bond acceptors (Lipinski definition) is 2. The molecule has 26 heavy (non-hydrogen) atoms.